The van der Waals surface area contributed by atoms with Crippen LogP contribution in [0, 0.1) is 26.2 Å². The average molecular weight is 703 g/mol. The number of carboxylic acids is 1. The van der Waals surface area contributed by atoms with E-state index in [1.54, 1.807) is 26.0 Å². The van der Waals surface area contributed by atoms with E-state index >= 15 is 0 Å². The molecule has 2 aliphatic heterocycles. The fourth-order valence-electron chi connectivity index (χ4n) is 7.41. The highest BCUT2D eigenvalue weighted by Crippen LogP contribution is 2.47. The van der Waals surface area contributed by atoms with Crippen molar-refractivity contribution in [3.05, 3.63) is 76.2 Å². The Morgan fingerprint density at radius 3 is 2.54 bits per heavy atom. The first-order valence-corrected chi connectivity index (χ1v) is 18.9. The molecule has 266 valence electrons. The number of aliphatic carboxylic acids is 1. The zero-order chi connectivity index (χ0) is 35.4. The van der Waals surface area contributed by atoms with Gasteiger partial charge < -0.3 is 14.6 Å². The monoisotopic (exact) mass is 702 g/mol. The first kappa shape index (κ1) is 34.4. The van der Waals surface area contributed by atoms with Crippen molar-refractivity contribution >= 4 is 21.6 Å². The molecule has 3 aromatic heterocycles. The SMILES string of the molecule is Cc1ccc([C@@H](c2ccn3c(C)nnc3c2C)C(C)(C)C(=O)O)cc1CN1CC2(CC2)Oc2nc(OCCN3CCCCC3)ccc2S1(=O)=O. The third kappa shape index (κ3) is 6.35. The highest BCUT2D eigenvalue weighted by atomic mass is 32.2. The van der Waals surface area contributed by atoms with Crippen LogP contribution in [0.25, 0.3) is 5.65 Å². The summed E-state index contributed by atoms with van der Waals surface area (Å²) in [6.07, 6.45) is 6.99. The second-order valence-corrected chi connectivity index (χ2v) is 16.7. The number of rotatable bonds is 10. The number of carbonyl (C=O) groups is 1. The van der Waals surface area contributed by atoms with Gasteiger partial charge in [0.25, 0.3) is 0 Å². The van der Waals surface area contributed by atoms with Gasteiger partial charge in [-0.2, -0.15) is 9.29 Å². The largest absolute Gasteiger partial charge is 0.481 e. The molecule has 1 N–H and O–H groups in total. The van der Waals surface area contributed by atoms with E-state index in [1.807, 2.05) is 55.6 Å². The maximum atomic E-state index is 14.3. The molecule has 4 aromatic rings. The molecule has 13 heteroatoms. The molecule has 3 aliphatic rings. The Kier molecular flexibility index (Phi) is 8.88. The van der Waals surface area contributed by atoms with Crippen LogP contribution in [-0.2, 0) is 21.4 Å². The summed E-state index contributed by atoms with van der Waals surface area (Å²) in [4.78, 5) is 19.7. The van der Waals surface area contributed by atoms with Crippen LogP contribution in [0.2, 0.25) is 0 Å². The van der Waals surface area contributed by atoms with Gasteiger partial charge in [-0.1, -0.05) is 24.6 Å². The molecule has 2 fully saturated rings. The fourth-order valence-corrected chi connectivity index (χ4v) is 8.95. The number of hydrogen-bond donors (Lipinski definition) is 1. The van der Waals surface area contributed by atoms with Gasteiger partial charge in [0.15, 0.2) is 5.65 Å². The predicted molar refractivity (Wildman–Crippen MR) is 187 cm³/mol. The van der Waals surface area contributed by atoms with E-state index in [0.29, 0.717) is 18.1 Å². The number of nitrogens with zero attached hydrogens (tertiary/aromatic N) is 6. The van der Waals surface area contributed by atoms with Crippen LogP contribution in [0.3, 0.4) is 0 Å². The molecule has 0 unspecified atom stereocenters. The van der Waals surface area contributed by atoms with Crippen molar-refractivity contribution < 1.29 is 27.8 Å². The minimum atomic E-state index is -4.01. The summed E-state index contributed by atoms with van der Waals surface area (Å²) >= 11 is 0. The van der Waals surface area contributed by atoms with Crippen LogP contribution in [0.1, 0.15) is 85.5 Å². The number of benzene rings is 1. The number of fused-ring (bicyclic) bond motifs is 2. The van der Waals surface area contributed by atoms with E-state index in [-0.39, 0.29) is 23.9 Å². The lowest BCUT2D eigenvalue weighted by Crippen LogP contribution is -2.38. The molecule has 12 nitrogen and oxygen atoms in total. The third-order valence-corrected chi connectivity index (χ3v) is 12.6. The molecule has 1 saturated heterocycles. The Bertz CT molecular complexity index is 2050. The predicted octanol–water partition coefficient (Wildman–Crippen LogP) is 5.27. The highest BCUT2D eigenvalue weighted by molar-refractivity contribution is 7.89. The molecule has 0 amide bonds. The second-order valence-electron chi connectivity index (χ2n) is 14.7. The van der Waals surface area contributed by atoms with E-state index in [0.717, 1.165) is 66.1 Å². The first-order chi connectivity index (χ1) is 23.8. The molecule has 1 spiro atoms. The normalized spacial score (nSPS) is 19.5. The zero-order valence-corrected chi connectivity index (χ0v) is 30.3. The number of aromatic nitrogens is 4. The summed E-state index contributed by atoms with van der Waals surface area (Å²) in [5.41, 5.74) is 2.96. The Labute approximate surface area is 293 Å². The smallest absolute Gasteiger partial charge is 0.310 e. The summed E-state index contributed by atoms with van der Waals surface area (Å²) in [7, 11) is -4.01. The standard InChI is InChI=1S/C37H46N6O6S/c1-24-9-10-27(32(36(4,5)35(44)45)29-13-18-43-26(3)39-40-33(43)25(29)2)21-28(24)22-42-23-37(14-15-37)49-34-30(50(42,46)47)11-12-31(38-34)48-20-19-41-16-7-6-8-17-41/h9-13,18,21,32H,6-8,14-17,19-20,22-23H2,1-5H3,(H,44,45)/t32-/m0/s1. The highest BCUT2D eigenvalue weighted by Gasteiger charge is 2.52. The van der Waals surface area contributed by atoms with Crippen molar-refractivity contribution in [1.29, 1.82) is 0 Å². The summed E-state index contributed by atoms with van der Waals surface area (Å²) < 4.78 is 44.3. The number of piperidine rings is 1. The molecule has 7 rings (SSSR count). The van der Waals surface area contributed by atoms with Gasteiger partial charge in [0.2, 0.25) is 21.8 Å². The van der Waals surface area contributed by atoms with E-state index in [9.17, 15) is 18.3 Å². The van der Waals surface area contributed by atoms with Crippen molar-refractivity contribution in [2.24, 2.45) is 5.41 Å². The molecule has 50 heavy (non-hydrogen) atoms. The van der Waals surface area contributed by atoms with Gasteiger partial charge in [-0.3, -0.25) is 14.1 Å². The molecule has 1 aliphatic carbocycles. The van der Waals surface area contributed by atoms with Gasteiger partial charge in [0.05, 0.1) is 12.0 Å². The zero-order valence-electron chi connectivity index (χ0n) is 29.5. The summed E-state index contributed by atoms with van der Waals surface area (Å²) in [5, 5.41) is 19.0. The van der Waals surface area contributed by atoms with Crippen LogP contribution in [0.5, 0.6) is 11.8 Å². The van der Waals surface area contributed by atoms with Gasteiger partial charge in [0, 0.05) is 31.3 Å². The number of carboxylic acid groups (broad SMARTS) is 1. The molecule has 1 aromatic carbocycles. The Balaban J connectivity index is 1.20. The number of hydrogen-bond acceptors (Lipinski definition) is 9. The van der Waals surface area contributed by atoms with E-state index in [1.165, 1.54) is 23.6 Å². The lowest BCUT2D eigenvalue weighted by molar-refractivity contribution is -0.147. The van der Waals surface area contributed by atoms with Crippen LogP contribution in [0.4, 0.5) is 0 Å². The van der Waals surface area contributed by atoms with Crippen LogP contribution in [0.15, 0.2) is 47.5 Å². The summed E-state index contributed by atoms with van der Waals surface area (Å²) in [5.74, 6) is -0.318. The van der Waals surface area contributed by atoms with Crippen molar-refractivity contribution in [3.63, 3.8) is 0 Å². The van der Waals surface area contributed by atoms with Gasteiger partial charge in [-0.05, 0) is 113 Å². The molecular weight excluding hydrogens is 657 g/mol. The second kappa shape index (κ2) is 12.9. The van der Waals surface area contributed by atoms with Crippen molar-refractivity contribution in [2.45, 2.75) is 89.7 Å². The third-order valence-electron chi connectivity index (χ3n) is 10.8. The van der Waals surface area contributed by atoms with Gasteiger partial charge in [-0.15, -0.1) is 10.2 Å². The van der Waals surface area contributed by atoms with Crippen LogP contribution >= 0.6 is 0 Å². The van der Waals surface area contributed by atoms with E-state index in [2.05, 4.69) is 20.1 Å². The minimum absolute atomic E-state index is 0.0240. The van der Waals surface area contributed by atoms with E-state index < -0.39 is 32.9 Å². The van der Waals surface area contributed by atoms with Crippen molar-refractivity contribution in [2.75, 3.05) is 32.8 Å². The Hall–Kier alpha value is -4.07. The quantitative estimate of drug-likeness (QED) is 0.233. The lowest BCUT2D eigenvalue weighted by Gasteiger charge is -2.33. The fraction of sp³-hybridized carbons (Fsp3) is 0.514. The molecular formula is C37H46N6O6S. The maximum absolute atomic E-state index is 14.3. The number of sulfonamides is 1. The lowest BCUT2D eigenvalue weighted by atomic mass is 9.70. The van der Waals surface area contributed by atoms with Crippen molar-refractivity contribution in [1.82, 2.24) is 28.8 Å². The van der Waals surface area contributed by atoms with Gasteiger partial charge in [0.1, 0.15) is 22.9 Å². The summed E-state index contributed by atoms with van der Waals surface area (Å²) in [6, 6.07) is 10.9. The molecule has 5 heterocycles. The number of ether oxygens (including phenoxy) is 2. The maximum Gasteiger partial charge on any atom is 0.310 e. The first-order valence-electron chi connectivity index (χ1n) is 17.5. The van der Waals surface area contributed by atoms with Crippen LogP contribution < -0.4 is 9.47 Å². The van der Waals surface area contributed by atoms with Gasteiger partial charge >= 0.3 is 5.97 Å². The minimum Gasteiger partial charge on any atom is -0.481 e. The molecule has 1 saturated carbocycles. The number of aryl methyl sites for hydroxylation is 3. The molecule has 0 radical (unpaired) electrons. The topological polar surface area (TPSA) is 139 Å². The van der Waals surface area contributed by atoms with E-state index in [4.69, 9.17) is 9.47 Å². The van der Waals surface area contributed by atoms with Gasteiger partial charge in [-0.25, -0.2) is 8.42 Å². The molecule has 0 bridgehead atoms. The average Bonchev–Trinajstić information content (AvgIpc) is 3.74. The Morgan fingerprint density at radius 2 is 1.82 bits per heavy atom. The number of pyridine rings is 2. The van der Waals surface area contributed by atoms with Crippen LogP contribution in [-0.4, -0.2) is 86.7 Å². The van der Waals surface area contributed by atoms with Crippen molar-refractivity contribution in [3.8, 4) is 11.8 Å². The Morgan fingerprint density at radius 1 is 1.06 bits per heavy atom. The number of likely N-dealkylation sites (tertiary alicyclic amines) is 1. The molecule has 1 atom stereocenters. The summed E-state index contributed by atoms with van der Waals surface area (Å²) in [6.45, 7) is 12.9.